The lowest BCUT2D eigenvalue weighted by Gasteiger charge is -2.26. The molecule has 0 bridgehead atoms. The average molecular weight is 300 g/mol. The van der Waals surface area contributed by atoms with E-state index in [1.807, 2.05) is 24.3 Å². The fourth-order valence-electron chi connectivity index (χ4n) is 2.82. The number of nitrogen functional groups attached to an aromatic ring is 1. The molecule has 2 N–H and O–H groups in total. The molecule has 0 aliphatic carbocycles. The monoisotopic (exact) mass is 300 g/mol. The van der Waals surface area contributed by atoms with Gasteiger partial charge in [-0.3, -0.25) is 4.90 Å². The van der Waals surface area contributed by atoms with Crippen LogP contribution in [0.1, 0.15) is 17.5 Å². The third kappa shape index (κ3) is 3.17. The zero-order chi connectivity index (χ0) is 15.5. The van der Waals surface area contributed by atoms with Crippen molar-refractivity contribution in [3.05, 3.63) is 71.3 Å². The highest BCUT2D eigenvalue weighted by Gasteiger charge is 2.19. The van der Waals surface area contributed by atoms with Crippen molar-refractivity contribution < 1.29 is 8.78 Å². The van der Waals surface area contributed by atoms with Crippen molar-refractivity contribution in [2.24, 2.45) is 0 Å². The van der Waals surface area contributed by atoms with Crippen LogP contribution >= 0.6 is 0 Å². The zero-order valence-electron chi connectivity index (χ0n) is 12.2. The van der Waals surface area contributed by atoms with E-state index in [1.54, 1.807) is 0 Å². The molecule has 0 saturated heterocycles. The smallest absolute Gasteiger partial charge is 0.135 e. The Morgan fingerprint density at radius 3 is 2.32 bits per heavy atom. The van der Waals surface area contributed by atoms with Gasteiger partial charge in [0.25, 0.3) is 0 Å². The molecular formula is C18H18F2N2. The van der Waals surface area contributed by atoms with E-state index in [0.717, 1.165) is 18.7 Å². The number of hydrogen-bond donors (Lipinski definition) is 1. The van der Waals surface area contributed by atoms with E-state index in [4.69, 9.17) is 5.73 Å². The van der Waals surface area contributed by atoms with E-state index in [-0.39, 0.29) is 11.3 Å². The summed E-state index contributed by atoms with van der Waals surface area (Å²) in [5, 5.41) is 0. The molecule has 4 heteroatoms. The van der Waals surface area contributed by atoms with Crippen LogP contribution in [0.5, 0.6) is 0 Å². The van der Waals surface area contributed by atoms with E-state index in [9.17, 15) is 8.78 Å². The van der Waals surface area contributed by atoms with Crippen LogP contribution in [0.2, 0.25) is 0 Å². The van der Waals surface area contributed by atoms with Crippen molar-refractivity contribution in [2.75, 3.05) is 18.8 Å². The number of nitrogens with two attached hydrogens (primary N) is 1. The second-order valence-corrected chi connectivity index (χ2v) is 5.56. The molecule has 1 aliphatic heterocycles. The summed E-state index contributed by atoms with van der Waals surface area (Å²) in [6.07, 6.45) is 2.54. The summed E-state index contributed by atoms with van der Waals surface area (Å²) in [6.45, 7) is 2.31. The molecule has 0 fully saturated rings. The van der Waals surface area contributed by atoms with Gasteiger partial charge < -0.3 is 5.73 Å². The molecule has 0 atom stereocenters. The normalized spacial score (nSPS) is 15.6. The summed E-state index contributed by atoms with van der Waals surface area (Å²) in [6, 6.07) is 12.5. The molecule has 2 aromatic rings. The van der Waals surface area contributed by atoms with Gasteiger partial charge in [-0.1, -0.05) is 36.4 Å². The van der Waals surface area contributed by atoms with Crippen LogP contribution in [-0.2, 0) is 6.54 Å². The average Bonchev–Trinajstić information content (AvgIpc) is 2.49. The fraction of sp³-hybridized carbons (Fsp3) is 0.222. The predicted molar refractivity (Wildman–Crippen MR) is 85.1 cm³/mol. The third-order valence-electron chi connectivity index (χ3n) is 3.93. The molecule has 114 valence electrons. The minimum Gasteiger partial charge on any atom is -0.399 e. The van der Waals surface area contributed by atoms with E-state index in [0.29, 0.717) is 13.0 Å². The molecule has 1 heterocycles. The van der Waals surface area contributed by atoms with Gasteiger partial charge in [0.15, 0.2) is 0 Å². The Morgan fingerprint density at radius 1 is 1.05 bits per heavy atom. The van der Waals surface area contributed by atoms with Crippen LogP contribution < -0.4 is 5.73 Å². The second-order valence-electron chi connectivity index (χ2n) is 5.56. The number of rotatable bonds is 3. The highest BCUT2D eigenvalue weighted by Crippen LogP contribution is 2.29. The first-order valence-corrected chi connectivity index (χ1v) is 7.33. The molecule has 1 aliphatic rings. The highest BCUT2D eigenvalue weighted by molar-refractivity contribution is 5.69. The maximum atomic E-state index is 14.0. The lowest BCUT2D eigenvalue weighted by atomic mass is 9.97. The number of hydrogen-bond acceptors (Lipinski definition) is 2. The van der Waals surface area contributed by atoms with Crippen LogP contribution in [0, 0.1) is 11.6 Å². The molecule has 0 saturated carbocycles. The van der Waals surface area contributed by atoms with E-state index < -0.39 is 11.6 Å². The zero-order valence-corrected chi connectivity index (χ0v) is 12.2. The van der Waals surface area contributed by atoms with Gasteiger partial charge in [-0.05, 0) is 29.7 Å². The highest BCUT2D eigenvalue weighted by atomic mass is 19.1. The van der Waals surface area contributed by atoms with E-state index in [1.165, 1.54) is 17.7 Å². The Labute approximate surface area is 128 Å². The Hall–Kier alpha value is -2.20. The summed E-state index contributed by atoms with van der Waals surface area (Å²) in [4.78, 5) is 2.26. The van der Waals surface area contributed by atoms with Crippen molar-refractivity contribution in [1.29, 1.82) is 0 Å². The lowest BCUT2D eigenvalue weighted by Crippen LogP contribution is -2.28. The Balaban J connectivity index is 1.74. The summed E-state index contributed by atoms with van der Waals surface area (Å²) < 4.78 is 27.9. The standard InChI is InChI=1S/C18H18F2N2/c19-16-10-15(21)11-17(20)18(16)14-6-8-22(9-7-14)12-13-4-2-1-3-5-13/h1-6,10-11H,7-9,12,21H2. The van der Waals surface area contributed by atoms with Gasteiger partial charge in [0.05, 0.1) is 0 Å². The molecule has 0 radical (unpaired) electrons. The van der Waals surface area contributed by atoms with Crippen molar-refractivity contribution in [3.63, 3.8) is 0 Å². The lowest BCUT2D eigenvalue weighted by molar-refractivity contribution is 0.293. The van der Waals surface area contributed by atoms with Gasteiger partial charge in [0, 0.05) is 30.9 Å². The van der Waals surface area contributed by atoms with Crippen molar-refractivity contribution in [2.45, 2.75) is 13.0 Å². The maximum absolute atomic E-state index is 14.0. The number of benzene rings is 2. The topological polar surface area (TPSA) is 29.3 Å². The Kier molecular flexibility index (Phi) is 4.20. The molecule has 2 aromatic carbocycles. The molecule has 2 nitrogen and oxygen atoms in total. The van der Waals surface area contributed by atoms with Crippen LogP contribution in [0.4, 0.5) is 14.5 Å². The van der Waals surface area contributed by atoms with Gasteiger partial charge in [-0.2, -0.15) is 0 Å². The first-order valence-electron chi connectivity index (χ1n) is 7.33. The molecular weight excluding hydrogens is 282 g/mol. The van der Waals surface area contributed by atoms with E-state index in [2.05, 4.69) is 17.0 Å². The molecule has 3 rings (SSSR count). The van der Waals surface area contributed by atoms with Gasteiger partial charge in [0.1, 0.15) is 11.6 Å². The SMILES string of the molecule is Nc1cc(F)c(C2=CCN(Cc3ccccc3)CC2)c(F)c1. The molecule has 0 unspecified atom stereocenters. The van der Waals surface area contributed by atoms with Crippen molar-refractivity contribution in [3.8, 4) is 0 Å². The van der Waals surface area contributed by atoms with Gasteiger partial charge in [0.2, 0.25) is 0 Å². The minimum atomic E-state index is -0.583. The molecule has 0 amide bonds. The second kappa shape index (κ2) is 6.28. The Bertz CT molecular complexity index is 672. The summed E-state index contributed by atoms with van der Waals surface area (Å²) >= 11 is 0. The number of nitrogens with zero attached hydrogens (tertiary/aromatic N) is 1. The first kappa shape index (κ1) is 14.7. The minimum absolute atomic E-state index is 0.0635. The van der Waals surface area contributed by atoms with Crippen LogP contribution in [0.3, 0.4) is 0 Å². The largest absolute Gasteiger partial charge is 0.399 e. The number of halogens is 2. The Morgan fingerprint density at radius 2 is 1.73 bits per heavy atom. The van der Waals surface area contributed by atoms with Gasteiger partial charge in [-0.25, -0.2) is 8.78 Å². The van der Waals surface area contributed by atoms with Crippen LogP contribution in [-0.4, -0.2) is 18.0 Å². The summed E-state index contributed by atoms with van der Waals surface area (Å²) in [5.74, 6) is -1.17. The predicted octanol–water partition coefficient (Wildman–Crippen LogP) is 3.84. The quantitative estimate of drug-likeness (QED) is 0.873. The molecule has 22 heavy (non-hydrogen) atoms. The van der Waals surface area contributed by atoms with Gasteiger partial charge in [-0.15, -0.1) is 0 Å². The van der Waals surface area contributed by atoms with E-state index >= 15 is 0 Å². The maximum Gasteiger partial charge on any atom is 0.135 e. The first-order chi connectivity index (χ1) is 10.6. The van der Waals surface area contributed by atoms with Gasteiger partial charge >= 0.3 is 0 Å². The van der Waals surface area contributed by atoms with Crippen LogP contribution in [0.15, 0.2) is 48.5 Å². The third-order valence-corrected chi connectivity index (χ3v) is 3.93. The number of anilines is 1. The van der Waals surface area contributed by atoms with Crippen molar-refractivity contribution in [1.82, 2.24) is 4.90 Å². The summed E-state index contributed by atoms with van der Waals surface area (Å²) in [5.41, 5.74) is 7.60. The summed E-state index contributed by atoms with van der Waals surface area (Å²) in [7, 11) is 0. The van der Waals surface area contributed by atoms with Crippen molar-refractivity contribution >= 4 is 11.3 Å². The molecule has 0 spiro atoms. The fourth-order valence-corrected chi connectivity index (χ4v) is 2.82. The van der Waals surface area contributed by atoms with Crippen LogP contribution in [0.25, 0.3) is 5.57 Å². The molecule has 0 aromatic heterocycles.